The molecule has 0 bridgehead atoms. The summed E-state index contributed by atoms with van der Waals surface area (Å²) >= 11 is 3.57. The first kappa shape index (κ1) is 13.4. The molecule has 2 nitrogen and oxygen atoms in total. The molecule has 0 saturated heterocycles. The fraction of sp³-hybridized carbons (Fsp3) is 0.538. The number of hydrogen-bond acceptors (Lipinski definition) is 2. The summed E-state index contributed by atoms with van der Waals surface area (Å²) in [6.45, 7) is 7.61. The van der Waals surface area contributed by atoms with E-state index in [0.29, 0.717) is 0 Å². The van der Waals surface area contributed by atoms with Crippen LogP contribution in [0, 0.1) is 12.8 Å². The maximum absolute atomic E-state index is 5.86. The highest BCUT2D eigenvalue weighted by Crippen LogP contribution is 2.30. The molecule has 0 saturated carbocycles. The Hall–Kier alpha value is -0.700. The van der Waals surface area contributed by atoms with Crippen molar-refractivity contribution >= 4 is 27.3 Å². The van der Waals surface area contributed by atoms with Crippen LogP contribution in [0.15, 0.2) is 16.6 Å². The summed E-state index contributed by atoms with van der Waals surface area (Å²) in [5.74, 6) is 0.733. The van der Waals surface area contributed by atoms with Crippen LogP contribution in [0.25, 0.3) is 0 Å². The van der Waals surface area contributed by atoms with E-state index in [-0.39, 0.29) is 0 Å². The standard InChI is InChI=1S/C13H21BrN2/c1-9(2)5-6-16(4)13-7-10(3)12(15)8-11(13)14/h7-9H,5-6,15H2,1-4H3. The normalized spacial score (nSPS) is 10.9. The summed E-state index contributed by atoms with van der Waals surface area (Å²) in [5.41, 5.74) is 9.05. The molecular weight excluding hydrogens is 264 g/mol. The van der Waals surface area contributed by atoms with Crippen molar-refractivity contribution in [2.75, 3.05) is 24.2 Å². The molecule has 16 heavy (non-hydrogen) atoms. The van der Waals surface area contributed by atoms with Gasteiger partial charge in [0, 0.05) is 23.8 Å². The van der Waals surface area contributed by atoms with Gasteiger partial charge in [0.1, 0.15) is 0 Å². The van der Waals surface area contributed by atoms with E-state index < -0.39 is 0 Å². The van der Waals surface area contributed by atoms with Gasteiger partial charge in [-0.25, -0.2) is 0 Å². The predicted octanol–water partition coefficient (Wildman–Crippen LogP) is 3.82. The minimum Gasteiger partial charge on any atom is -0.398 e. The molecule has 0 aliphatic rings. The molecule has 0 amide bonds. The Morgan fingerprint density at radius 3 is 2.56 bits per heavy atom. The highest BCUT2D eigenvalue weighted by atomic mass is 79.9. The Balaban J connectivity index is 2.82. The molecule has 0 heterocycles. The van der Waals surface area contributed by atoms with Gasteiger partial charge in [-0.2, -0.15) is 0 Å². The Morgan fingerprint density at radius 2 is 2.00 bits per heavy atom. The molecular formula is C13H21BrN2. The van der Waals surface area contributed by atoms with Crippen molar-refractivity contribution in [2.24, 2.45) is 5.92 Å². The minimum absolute atomic E-state index is 0.733. The van der Waals surface area contributed by atoms with Gasteiger partial charge in [0.15, 0.2) is 0 Å². The van der Waals surface area contributed by atoms with E-state index in [1.54, 1.807) is 0 Å². The molecule has 1 aromatic carbocycles. The van der Waals surface area contributed by atoms with E-state index in [4.69, 9.17) is 5.73 Å². The van der Waals surface area contributed by atoms with Gasteiger partial charge in [-0.3, -0.25) is 0 Å². The number of anilines is 2. The van der Waals surface area contributed by atoms with Crippen molar-refractivity contribution in [3.63, 3.8) is 0 Å². The fourth-order valence-electron chi connectivity index (χ4n) is 1.55. The van der Waals surface area contributed by atoms with Crippen LogP contribution in [0.3, 0.4) is 0 Å². The SMILES string of the molecule is Cc1cc(N(C)CCC(C)C)c(Br)cc1N. The summed E-state index contributed by atoms with van der Waals surface area (Å²) in [7, 11) is 2.12. The van der Waals surface area contributed by atoms with Crippen molar-refractivity contribution in [3.8, 4) is 0 Å². The average molecular weight is 285 g/mol. The average Bonchev–Trinajstić information content (AvgIpc) is 2.20. The van der Waals surface area contributed by atoms with E-state index in [9.17, 15) is 0 Å². The van der Waals surface area contributed by atoms with E-state index in [2.05, 4.69) is 47.8 Å². The van der Waals surface area contributed by atoms with Crippen LogP contribution in [0.1, 0.15) is 25.8 Å². The number of hydrogen-bond donors (Lipinski definition) is 1. The Morgan fingerprint density at radius 1 is 1.38 bits per heavy atom. The van der Waals surface area contributed by atoms with Crippen LogP contribution < -0.4 is 10.6 Å². The first-order valence-corrected chi connectivity index (χ1v) is 6.48. The van der Waals surface area contributed by atoms with E-state index in [1.165, 1.54) is 12.1 Å². The van der Waals surface area contributed by atoms with Gasteiger partial charge in [-0.15, -0.1) is 0 Å². The number of rotatable bonds is 4. The van der Waals surface area contributed by atoms with Crippen LogP contribution in [0.5, 0.6) is 0 Å². The van der Waals surface area contributed by atoms with Crippen LogP contribution in [-0.4, -0.2) is 13.6 Å². The van der Waals surface area contributed by atoms with E-state index >= 15 is 0 Å². The molecule has 3 heteroatoms. The second-order valence-corrected chi connectivity index (χ2v) is 5.62. The highest BCUT2D eigenvalue weighted by Gasteiger charge is 2.08. The zero-order valence-corrected chi connectivity index (χ0v) is 12.1. The van der Waals surface area contributed by atoms with E-state index in [0.717, 1.165) is 28.2 Å². The van der Waals surface area contributed by atoms with Gasteiger partial charge in [0.2, 0.25) is 0 Å². The molecule has 0 aliphatic heterocycles. The monoisotopic (exact) mass is 284 g/mol. The lowest BCUT2D eigenvalue weighted by Gasteiger charge is -2.22. The van der Waals surface area contributed by atoms with Crippen molar-refractivity contribution in [3.05, 3.63) is 22.2 Å². The lowest BCUT2D eigenvalue weighted by Crippen LogP contribution is -2.20. The van der Waals surface area contributed by atoms with Crippen LogP contribution in [0.4, 0.5) is 11.4 Å². The fourth-order valence-corrected chi connectivity index (χ4v) is 2.21. The quantitative estimate of drug-likeness (QED) is 0.852. The number of benzene rings is 1. The molecule has 0 aliphatic carbocycles. The summed E-state index contributed by atoms with van der Waals surface area (Å²) in [6, 6.07) is 4.12. The van der Waals surface area contributed by atoms with Gasteiger partial charge in [0.05, 0.1) is 5.69 Å². The largest absolute Gasteiger partial charge is 0.398 e. The summed E-state index contributed by atoms with van der Waals surface area (Å²) in [6.07, 6.45) is 1.20. The maximum atomic E-state index is 5.86. The van der Waals surface area contributed by atoms with Gasteiger partial charge in [-0.1, -0.05) is 13.8 Å². The molecule has 0 spiro atoms. The smallest absolute Gasteiger partial charge is 0.0512 e. The molecule has 1 aromatic rings. The van der Waals surface area contributed by atoms with Gasteiger partial charge >= 0.3 is 0 Å². The third-order valence-electron chi connectivity index (χ3n) is 2.79. The summed E-state index contributed by atoms with van der Waals surface area (Å²) in [5, 5.41) is 0. The van der Waals surface area contributed by atoms with Crippen molar-refractivity contribution < 1.29 is 0 Å². The first-order valence-electron chi connectivity index (χ1n) is 5.68. The van der Waals surface area contributed by atoms with Crippen LogP contribution in [0.2, 0.25) is 0 Å². The van der Waals surface area contributed by atoms with Crippen molar-refractivity contribution in [2.45, 2.75) is 27.2 Å². The molecule has 90 valence electrons. The van der Waals surface area contributed by atoms with Gasteiger partial charge in [-0.05, 0) is 52.9 Å². The molecule has 0 fully saturated rings. The summed E-state index contributed by atoms with van der Waals surface area (Å²) < 4.78 is 1.07. The predicted molar refractivity (Wildman–Crippen MR) is 76.0 cm³/mol. The topological polar surface area (TPSA) is 29.3 Å². The third-order valence-corrected chi connectivity index (χ3v) is 3.42. The third kappa shape index (κ3) is 3.41. The number of nitrogens with two attached hydrogens (primary N) is 1. The molecule has 0 unspecified atom stereocenters. The van der Waals surface area contributed by atoms with Crippen LogP contribution >= 0.6 is 15.9 Å². The number of aryl methyl sites for hydroxylation is 1. The number of halogens is 1. The van der Waals surface area contributed by atoms with Gasteiger partial charge < -0.3 is 10.6 Å². The molecule has 1 rings (SSSR count). The Bertz CT molecular complexity index is 361. The van der Waals surface area contributed by atoms with Crippen molar-refractivity contribution in [1.82, 2.24) is 0 Å². The minimum atomic E-state index is 0.733. The Kier molecular flexibility index (Phi) is 4.66. The summed E-state index contributed by atoms with van der Waals surface area (Å²) in [4.78, 5) is 2.27. The van der Waals surface area contributed by atoms with Gasteiger partial charge in [0.25, 0.3) is 0 Å². The lowest BCUT2D eigenvalue weighted by molar-refractivity contribution is 0.585. The zero-order valence-electron chi connectivity index (χ0n) is 10.5. The zero-order chi connectivity index (χ0) is 12.3. The van der Waals surface area contributed by atoms with Crippen LogP contribution in [-0.2, 0) is 0 Å². The molecule has 0 radical (unpaired) electrons. The second kappa shape index (κ2) is 5.58. The highest BCUT2D eigenvalue weighted by molar-refractivity contribution is 9.10. The van der Waals surface area contributed by atoms with E-state index in [1.807, 2.05) is 13.0 Å². The maximum Gasteiger partial charge on any atom is 0.0512 e. The number of nitrogen functional groups attached to an aromatic ring is 1. The lowest BCUT2D eigenvalue weighted by atomic mass is 10.1. The molecule has 0 aromatic heterocycles. The van der Waals surface area contributed by atoms with Crippen molar-refractivity contribution in [1.29, 1.82) is 0 Å². The molecule has 2 N–H and O–H groups in total. The number of nitrogens with zero attached hydrogens (tertiary/aromatic N) is 1. The Labute approximate surface area is 107 Å². The first-order chi connectivity index (χ1) is 7.41. The second-order valence-electron chi connectivity index (χ2n) is 4.76. The molecule has 0 atom stereocenters.